The molecule has 0 atom stereocenters. The molecule has 0 aromatic heterocycles. The van der Waals surface area contributed by atoms with Crippen LogP contribution >= 0.6 is 15.9 Å². The lowest BCUT2D eigenvalue weighted by molar-refractivity contribution is 0.608. The fourth-order valence-corrected chi connectivity index (χ4v) is 2.44. The van der Waals surface area contributed by atoms with Gasteiger partial charge in [0.15, 0.2) is 0 Å². The minimum absolute atomic E-state index is 0.164. The standard InChI is InChI=1S/C13H18BrN/c1-9-7-10(2)12(14)11(8-9)3-4-13(15)5-6-13/h7-8H,3-6,15H2,1-2H3. The van der Waals surface area contributed by atoms with Crippen LogP contribution in [-0.2, 0) is 6.42 Å². The lowest BCUT2D eigenvalue weighted by atomic mass is 10.0. The van der Waals surface area contributed by atoms with Crippen LogP contribution < -0.4 is 5.73 Å². The zero-order valence-corrected chi connectivity index (χ0v) is 11.0. The molecule has 1 aliphatic carbocycles. The van der Waals surface area contributed by atoms with E-state index in [1.165, 1.54) is 34.0 Å². The summed E-state index contributed by atoms with van der Waals surface area (Å²) >= 11 is 3.66. The Morgan fingerprint density at radius 2 is 2.00 bits per heavy atom. The van der Waals surface area contributed by atoms with Gasteiger partial charge in [0.05, 0.1) is 0 Å². The summed E-state index contributed by atoms with van der Waals surface area (Å²) in [6.07, 6.45) is 4.62. The van der Waals surface area contributed by atoms with Crippen molar-refractivity contribution >= 4 is 15.9 Å². The van der Waals surface area contributed by atoms with Gasteiger partial charge in [0.2, 0.25) is 0 Å². The maximum atomic E-state index is 6.11. The molecule has 1 aromatic carbocycles. The number of rotatable bonds is 3. The molecule has 0 unspecified atom stereocenters. The lowest BCUT2D eigenvalue weighted by Gasteiger charge is -2.12. The molecule has 1 nitrogen and oxygen atoms in total. The summed E-state index contributed by atoms with van der Waals surface area (Å²) in [6.45, 7) is 4.30. The molecule has 0 amide bonds. The molecule has 1 aliphatic rings. The molecule has 0 saturated heterocycles. The van der Waals surface area contributed by atoms with Crippen molar-refractivity contribution < 1.29 is 0 Å². The zero-order valence-electron chi connectivity index (χ0n) is 9.44. The molecule has 1 fully saturated rings. The molecule has 2 rings (SSSR count). The fraction of sp³-hybridized carbons (Fsp3) is 0.538. The van der Waals surface area contributed by atoms with Crippen LogP contribution in [0.3, 0.4) is 0 Å². The molecular formula is C13H18BrN. The van der Waals surface area contributed by atoms with E-state index in [-0.39, 0.29) is 5.54 Å². The van der Waals surface area contributed by atoms with E-state index in [1.54, 1.807) is 0 Å². The third-order valence-electron chi connectivity index (χ3n) is 3.26. The Morgan fingerprint density at radius 1 is 1.33 bits per heavy atom. The van der Waals surface area contributed by atoms with Crippen molar-refractivity contribution in [3.63, 3.8) is 0 Å². The van der Waals surface area contributed by atoms with Crippen LogP contribution in [0.25, 0.3) is 0 Å². The van der Waals surface area contributed by atoms with E-state index in [9.17, 15) is 0 Å². The van der Waals surface area contributed by atoms with Gasteiger partial charge < -0.3 is 5.73 Å². The SMILES string of the molecule is Cc1cc(C)c(Br)c(CCC2(N)CC2)c1. The normalized spacial score (nSPS) is 17.9. The van der Waals surface area contributed by atoms with E-state index in [0.29, 0.717) is 0 Å². The van der Waals surface area contributed by atoms with Gasteiger partial charge in [-0.3, -0.25) is 0 Å². The summed E-state index contributed by atoms with van der Waals surface area (Å²) in [4.78, 5) is 0. The van der Waals surface area contributed by atoms with Gasteiger partial charge in [-0.15, -0.1) is 0 Å². The molecule has 0 radical (unpaired) electrons. The van der Waals surface area contributed by atoms with Gasteiger partial charge in [-0.05, 0) is 50.7 Å². The first-order valence-electron chi connectivity index (χ1n) is 5.55. The first kappa shape index (κ1) is 11.2. The number of benzene rings is 1. The van der Waals surface area contributed by atoms with E-state index in [2.05, 4.69) is 41.9 Å². The summed E-state index contributed by atoms with van der Waals surface area (Å²) in [7, 11) is 0. The Morgan fingerprint density at radius 3 is 2.60 bits per heavy atom. The van der Waals surface area contributed by atoms with Gasteiger partial charge >= 0.3 is 0 Å². The highest BCUT2D eigenvalue weighted by Gasteiger charge is 2.37. The maximum Gasteiger partial charge on any atom is 0.0236 e. The average Bonchev–Trinajstić information content (AvgIpc) is 2.88. The molecule has 15 heavy (non-hydrogen) atoms. The highest BCUT2D eigenvalue weighted by Crippen LogP contribution is 2.37. The van der Waals surface area contributed by atoms with Gasteiger partial charge in [0, 0.05) is 10.0 Å². The fourth-order valence-electron chi connectivity index (χ4n) is 2.01. The molecule has 0 bridgehead atoms. The van der Waals surface area contributed by atoms with Gasteiger partial charge in [-0.25, -0.2) is 0 Å². The van der Waals surface area contributed by atoms with Gasteiger partial charge in [-0.2, -0.15) is 0 Å². The second-order valence-electron chi connectivity index (χ2n) is 4.92. The van der Waals surface area contributed by atoms with Gasteiger partial charge in [0.1, 0.15) is 0 Å². The Kier molecular flexibility index (Phi) is 2.91. The minimum atomic E-state index is 0.164. The first-order chi connectivity index (χ1) is 7.00. The van der Waals surface area contributed by atoms with Crippen LogP contribution in [0.4, 0.5) is 0 Å². The third kappa shape index (κ3) is 2.61. The second-order valence-corrected chi connectivity index (χ2v) is 5.71. The second kappa shape index (κ2) is 3.91. The zero-order chi connectivity index (χ0) is 11.1. The van der Waals surface area contributed by atoms with Crippen LogP contribution in [0.2, 0.25) is 0 Å². The smallest absolute Gasteiger partial charge is 0.0236 e. The minimum Gasteiger partial charge on any atom is -0.325 e. The molecule has 0 spiro atoms. The Bertz CT molecular complexity index is 380. The van der Waals surface area contributed by atoms with Crippen LogP contribution in [0.5, 0.6) is 0 Å². The predicted octanol–water partition coefficient (Wildman–Crippen LogP) is 3.49. The molecule has 0 heterocycles. The van der Waals surface area contributed by atoms with Crippen molar-refractivity contribution in [2.45, 2.75) is 45.1 Å². The maximum absolute atomic E-state index is 6.11. The summed E-state index contributed by atoms with van der Waals surface area (Å²) in [5.74, 6) is 0. The number of aryl methyl sites for hydroxylation is 3. The van der Waals surface area contributed by atoms with Crippen LogP contribution in [0.1, 0.15) is 36.0 Å². The molecule has 2 N–H and O–H groups in total. The summed E-state index contributed by atoms with van der Waals surface area (Å²) in [6, 6.07) is 4.48. The van der Waals surface area contributed by atoms with E-state index in [4.69, 9.17) is 5.73 Å². The number of nitrogens with two attached hydrogens (primary N) is 1. The largest absolute Gasteiger partial charge is 0.325 e. The molecule has 1 aromatic rings. The summed E-state index contributed by atoms with van der Waals surface area (Å²) < 4.78 is 1.26. The van der Waals surface area contributed by atoms with Crippen molar-refractivity contribution in [3.05, 3.63) is 33.3 Å². The Balaban J connectivity index is 2.13. The highest BCUT2D eigenvalue weighted by atomic mass is 79.9. The molecule has 0 aliphatic heterocycles. The number of halogens is 1. The monoisotopic (exact) mass is 267 g/mol. The molecule has 82 valence electrons. The van der Waals surface area contributed by atoms with Crippen molar-refractivity contribution in [1.29, 1.82) is 0 Å². The van der Waals surface area contributed by atoms with Crippen molar-refractivity contribution in [2.24, 2.45) is 5.73 Å². The van der Waals surface area contributed by atoms with Gasteiger partial charge in [0.25, 0.3) is 0 Å². The lowest BCUT2D eigenvalue weighted by Crippen LogP contribution is -2.22. The number of hydrogen-bond donors (Lipinski definition) is 1. The van der Waals surface area contributed by atoms with E-state index in [0.717, 1.165) is 12.8 Å². The van der Waals surface area contributed by atoms with Crippen LogP contribution in [0.15, 0.2) is 16.6 Å². The van der Waals surface area contributed by atoms with Crippen LogP contribution in [-0.4, -0.2) is 5.54 Å². The summed E-state index contributed by atoms with van der Waals surface area (Å²) in [5, 5.41) is 0. The molecular weight excluding hydrogens is 250 g/mol. The first-order valence-corrected chi connectivity index (χ1v) is 6.34. The topological polar surface area (TPSA) is 26.0 Å². The number of hydrogen-bond acceptors (Lipinski definition) is 1. The predicted molar refractivity (Wildman–Crippen MR) is 68.1 cm³/mol. The highest BCUT2D eigenvalue weighted by molar-refractivity contribution is 9.10. The van der Waals surface area contributed by atoms with Crippen LogP contribution in [0, 0.1) is 13.8 Å². The van der Waals surface area contributed by atoms with E-state index >= 15 is 0 Å². The summed E-state index contributed by atoms with van der Waals surface area (Å²) in [5.41, 5.74) is 10.3. The van der Waals surface area contributed by atoms with E-state index < -0.39 is 0 Å². The average molecular weight is 268 g/mol. The van der Waals surface area contributed by atoms with Gasteiger partial charge in [-0.1, -0.05) is 33.6 Å². The molecule has 2 heteroatoms. The van der Waals surface area contributed by atoms with E-state index in [1.807, 2.05) is 0 Å². The third-order valence-corrected chi connectivity index (χ3v) is 4.39. The quantitative estimate of drug-likeness (QED) is 0.892. The van der Waals surface area contributed by atoms with Crippen molar-refractivity contribution in [2.75, 3.05) is 0 Å². The Hall–Kier alpha value is -0.340. The van der Waals surface area contributed by atoms with Crippen molar-refractivity contribution in [1.82, 2.24) is 0 Å². The Labute approximate surface area is 100 Å². The van der Waals surface area contributed by atoms with Crippen molar-refractivity contribution in [3.8, 4) is 0 Å². The molecule has 1 saturated carbocycles.